The highest BCUT2D eigenvalue weighted by Crippen LogP contribution is 2.27. The van der Waals surface area contributed by atoms with Gasteiger partial charge in [-0.1, -0.05) is 15.9 Å². The van der Waals surface area contributed by atoms with E-state index in [0.29, 0.717) is 12.1 Å². The van der Waals surface area contributed by atoms with E-state index in [0.717, 1.165) is 23.7 Å². The summed E-state index contributed by atoms with van der Waals surface area (Å²) in [4.78, 5) is 14.4. The molecule has 1 aliphatic heterocycles. The van der Waals surface area contributed by atoms with Crippen molar-refractivity contribution in [2.45, 2.75) is 38.3 Å². The molecule has 0 aliphatic carbocycles. The predicted molar refractivity (Wildman–Crippen MR) is 78.1 cm³/mol. The number of carbonyl (C=O) groups is 1. The first-order valence-electron chi connectivity index (χ1n) is 6.56. The molecule has 1 aromatic rings. The maximum Gasteiger partial charge on any atom is 0.257 e. The standard InChI is InChI=1S/C14H19BrN2O2/c1-9(16)12-4-2-3-7-17(12)14(19)11-8-10(15)5-6-13(11)18/h5-6,8-9,12,18H,2-4,7,16H2,1H3. The second-order valence-electron chi connectivity index (χ2n) is 5.08. The van der Waals surface area contributed by atoms with Crippen molar-refractivity contribution in [3.05, 3.63) is 28.2 Å². The molecule has 1 amide bonds. The van der Waals surface area contributed by atoms with E-state index in [9.17, 15) is 9.90 Å². The number of hydrogen-bond donors (Lipinski definition) is 2. The number of phenols is 1. The van der Waals surface area contributed by atoms with Crippen LogP contribution in [0.15, 0.2) is 22.7 Å². The van der Waals surface area contributed by atoms with Gasteiger partial charge in [-0.15, -0.1) is 0 Å². The summed E-state index contributed by atoms with van der Waals surface area (Å²) < 4.78 is 0.781. The lowest BCUT2D eigenvalue weighted by Crippen LogP contribution is -2.51. The number of piperidine rings is 1. The van der Waals surface area contributed by atoms with Crippen molar-refractivity contribution >= 4 is 21.8 Å². The summed E-state index contributed by atoms with van der Waals surface area (Å²) in [6.07, 6.45) is 3.02. The molecule has 4 nitrogen and oxygen atoms in total. The second-order valence-corrected chi connectivity index (χ2v) is 6.00. The lowest BCUT2D eigenvalue weighted by atomic mass is 9.96. The largest absolute Gasteiger partial charge is 0.507 e. The Morgan fingerprint density at radius 3 is 2.95 bits per heavy atom. The molecule has 1 aromatic carbocycles. The number of phenolic OH excluding ortho intramolecular Hbond substituents is 1. The molecular formula is C14H19BrN2O2. The molecule has 1 fully saturated rings. The van der Waals surface area contributed by atoms with Crippen LogP contribution in [0.5, 0.6) is 5.75 Å². The van der Waals surface area contributed by atoms with E-state index >= 15 is 0 Å². The fourth-order valence-corrected chi connectivity index (χ4v) is 2.95. The number of likely N-dealkylation sites (tertiary alicyclic amines) is 1. The first-order chi connectivity index (χ1) is 9.00. The number of rotatable bonds is 2. The van der Waals surface area contributed by atoms with E-state index in [4.69, 9.17) is 5.73 Å². The Balaban J connectivity index is 2.28. The van der Waals surface area contributed by atoms with Gasteiger partial charge >= 0.3 is 0 Å². The maximum absolute atomic E-state index is 12.6. The average Bonchev–Trinajstić information content (AvgIpc) is 2.40. The van der Waals surface area contributed by atoms with Crippen molar-refractivity contribution in [2.75, 3.05) is 6.54 Å². The topological polar surface area (TPSA) is 66.6 Å². The lowest BCUT2D eigenvalue weighted by Gasteiger charge is -2.38. The highest BCUT2D eigenvalue weighted by Gasteiger charge is 2.30. The van der Waals surface area contributed by atoms with Crippen LogP contribution >= 0.6 is 15.9 Å². The normalized spacial score (nSPS) is 21.2. The van der Waals surface area contributed by atoms with Crippen LogP contribution in [0.25, 0.3) is 0 Å². The first kappa shape index (κ1) is 14.3. The van der Waals surface area contributed by atoms with Gasteiger partial charge in [-0.25, -0.2) is 0 Å². The van der Waals surface area contributed by atoms with Crippen molar-refractivity contribution in [3.63, 3.8) is 0 Å². The molecule has 1 heterocycles. The molecule has 2 atom stereocenters. The summed E-state index contributed by atoms with van der Waals surface area (Å²) in [6, 6.07) is 4.90. The van der Waals surface area contributed by atoms with Crippen LogP contribution in [0.1, 0.15) is 36.5 Å². The summed E-state index contributed by atoms with van der Waals surface area (Å²) in [7, 11) is 0. The lowest BCUT2D eigenvalue weighted by molar-refractivity contribution is 0.0580. The monoisotopic (exact) mass is 326 g/mol. The highest BCUT2D eigenvalue weighted by atomic mass is 79.9. The van der Waals surface area contributed by atoms with Gasteiger partial charge < -0.3 is 15.7 Å². The minimum Gasteiger partial charge on any atom is -0.507 e. The molecule has 2 unspecified atom stereocenters. The molecular weight excluding hydrogens is 308 g/mol. The van der Waals surface area contributed by atoms with E-state index in [1.165, 1.54) is 6.07 Å². The van der Waals surface area contributed by atoms with Crippen LogP contribution in [-0.4, -0.2) is 34.5 Å². The molecule has 0 aromatic heterocycles. The molecule has 0 radical (unpaired) electrons. The fraction of sp³-hybridized carbons (Fsp3) is 0.500. The number of amides is 1. The highest BCUT2D eigenvalue weighted by molar-refractivity contribution is 9.10. The average molecular weight is 327 g/mol. The Morgan fingerprint density at radius 2 is 2.26 bits per heavy atom. The zero-order valence-electron chi connectivity index (χ0n) is 11.0. The number of benzene rings is 1. The number of aromatic hydroxyl groups is 1. The van der Waals surface area contributed by atoms with E-state index in [1.54, 1.807) is 17.0 Å². The van der Waals surface area contributed by atoms with Crippen LogP contribution in [-0.2, 0) is 0 Å². The molecule has 3 N–H and O–H groups in total. The Labute approximate surface area is 121 Å². The maximum atomic E-state index is 12.6. The summed E-state index contributed by atoms with van der Waals surface area (Å²) in [5.74, 6) is -0.122. The molecule has 1 aliphatic rings. The van der Waals surface area contributed by atoms with Crippen LogP contribution < -0.4 is 5.73 Å². The number of carbonyl (C=O) groups excluding carboxylic acids is 1. The quantitative estimate of drug-likeness (QED) is 0.877. The van der Waals surface area contributed by atoms with E-state index in [2.05, 4.69) is 15.9 Å². The van der Waals surface area contributed by atoms with Gasteiger partial charge in [-0.05, 0) is 44.4 Å². The van der Waals surface area contributed by atoms with E-state index in [-0.39, 0.29) is 23.7 Å². The number of nitrogens with two attached hydrogens (primary N) is 1. The Bertz CT molecular complexity index is 477. The van der Waals surface area contributed by atoms with Gasteiger partial charge in [-0.3, -0.25) is 4.79 Å². The van der Waals surface area contributed by atoms with Crippen LogP contribution in [0.4, 0.5) is 0 Å². The molecule has 2 rings (SSSR count). The van der Waals surface area contributed by atoms with Gasteiger partial charge in [-0.2, -0.15) is 0 Å². The Morgan fingerprint density at radius 1 is 1.53 bits per heavy atom. The number of nitrogens with zero attached hydrogens (tertiary/aromatic N) is 1. The zero-order valence-corrected chi connectivity index (χ0v) is 12.6. The zero-order chi connectivity index (χ0) is 14.0. The van der Waals surface area contributed by atoms with Crippen molar-refractivity contribution in [2.24, 2.45) is 5.73 Å². The van der Waals surface area contributed by atoms with E-state index in [1.807, 2.05) is 6.92 Å². The SMILES string of the molecule is CC(N)C1CCCCN1C(=O)c1cc(Br)ccc1O. The van der Waals surface area contributed by atoms with Crippen LogP contribution in [0.2, 0.25) is 0 Å². The second kappa shape index (κ2) is 5.92. The third-order valence-corrected chi connectivity index (χ3v) is 4.10. The van der Waals surface area contributed by atoms with Gasteiger partial charge in [0.15, 0.2) is 0 Å². The van der Waals surface area contributed by atoms with E-state index < -0.39 is 0 Å². The predicted octanol–water partition coefficient (Wildman–Crippen LogP) is 2.50. The van der Waals surface area contributed by atoms with Crippen molar-refractivity contribution < 1.29 is 9.90 Å². The number of halogens is 1. The van der Waals surface area contributed by atoms with Gasteiger partial charge in [0.25, 0.3) is 5.91 Å². The van der Waals surface area contributed by atoms with Crippen molar-refractivity contribution in [1.29, 1.82) is 0 Å². The minimum absolute atomic E-state index is 0.0159. The van der Waals surface area contributed by atoms with Gasteiger partial charge in [0, 0.05) is 23.1 Å². The molecule has 0 saturated carbocycles. The molecule has 104 valence electrons. The summed E-state index contributed by atoms with van der Waals surface area (Å²) in [5, 5.41) is 9.86. The summed E-state index contributed by atoms with van der Waals surface area (Å²) >= 11 is 3.33. The molecule has 19 heavy (non-hydrogen) atoms. The summed E-state index contributed by atoms with van der Waals surface area (Å²) in [6.45, 7) is 2.63. The molecule has 5 heteroatoms. The van der Waals surface area contributed by atoms with Crippen LogP contribution in [0.3, 0.4) is 0 Å². The smallest absolute Gasteiger partial charge is 0.257 e. The minimum atomic E-state index is -0.138. The fourth-order valence-electron chi connectivity index (χ4n) is 2.59. The molecule has 0 spiro atoms. The molecule has 1 saturated heterocycles. The first-order valence-corrected chi connectivity index (χ1v) is 7.35. The van der Waals surface area contributed by atoms with Crippen LogP contribution in [0, 0.1) is 0 Å². The third kappa shape index (κ3) is 3.09. The van der Waals surface area contributed by atoms with Gasteiger partial charge in [0.2, 0.25) is 0 Å². The Kier molecular flexibility index (Phi) is 4.47. The third-order valence-electron chi connectivity index (χ3n) is 3.61. The molecule has 0 bridgehead atoms. The Hall–Kier alpha value is -1.07. The number of hydrogen-bond acceptors (Lipinski definition) is 3. The van der Waals surface area contributed by atoms with Gasteiger partial charge in [0.1, 0.15) is 5.75 Å². The van der Waals surface area contributed by atoms with Crippen molar-refractivity contribution in [3.8, 4) is 5.75 Å². The van der Waals surface area contributed by atoms with Crippen molar-refractivity contribution in [1.82, 2.24) is 4.90 Å². The van der Waals surface area contributed by atoms with Gasteiger partial charge in [0.05, 0.1) is 5.56 Å². The summed E-state index contributed by atoms with van der Waals surface area (Å²) in [5.41, 5.74) is 6.31.